The van der Waals surface area contributed by atoms with Crippen molar-refractivity contribution in [2.75, 3.05) is 11.9 Å². The number of aryl methyl sites for hydroxylation is 1. The molecule has 1 saturated heterocycles. The molecule has 7 nitrogen and oxygen atoms in total. The molecule has 2 aromatic heterocycles. The first-order chi connectivity index (χ1) is 12.2. The Hall–Kier alpha value is -2.96. The second-order valence-electron chi connectivity index (χ2n) is 6.26. The summed E-state index contributed by atoms with van der Waals surface area (Å²) in [5, 5.41) is 11.6. The van der Waals surface area contributed by atoms with Crippen molar-refractivity contribution in [1.29, 1.82) is 0 Å². The van der Waals surface area contributed by atoms with Crippen molar-refractivity contribution in [1.82, 2.24) is 24.5 Å². The van der Waals surface area contributed by atoms with Crippen molar-refractivity contribution in [3.05, 3.63) is 53.6 Å². The number of hydrogen-bond donors (Lipinski definition) is 1. The van der Waals surface area contributed by atoms with Gasteiger partial charge in [0.1, 0.15) is 5.82 Å². The Morgan fingerprint density at radius 2 is 2.04 bits per heavy atom. The van der Waals surface area contributed by atoms with Crippen LogP contribution in [0.5, 0.6) is 0 Å². The molecule has 7 heteroatoms. The summed E-state index contributed by atoms with van der Waals surface area (Å²) in [6, 6.07) is 8.19. The summed E-state index contributed by atoms with van der Waals surface area (Å²) < 4.78 is 1.91. The summed E-state index contributed by atoms with van der Waals surface area (Å²) in [5.41, 5.74) is 3.03. The topological polar surface area (TPSA) is 75.4 Å². The van der Waals surface area contributed by atoms with Gasteiger partial charge in [-0.2, -0.15) is 0 Å². The molecule has 1 aliphatic heterocycles. The minimum Gasteiger partial charge on any atom is -0.363 e. The molecule has 1 amide bonds. The maximum absolute atomic E-state index is 11.9. The average molecular weight is 336 g/mol. The quantitative estimate of drug-likeness (QED) is 0.773. The second-order valence-corrected chi connectivity index (χ2v) is 6.26. The van der Waals surface area contributed by atoms with Gasteiger partial charge >= 0.3 is 0 Å². The van der Waals surface area contributed by atoms with E-state index < -0.39 is 0 Å². The Kier molecular flexibility index (Phi) is 4.05. The molecule has 3 aromatic rings. The maximum Gasteiger partial charge on any atom is 0.222 e. The predicted molar refractivity (Wildman–Crippen MR) is 93.9 cm³/mol. The maximum atomic E-state index is 11.9. The van der Waals surface area contributed by atoms with E-state index >= 15 is 0 Å². The number of likely N-dealkylation sites (tertiary alicyclic amines) is 1. The van der Waals surface area contributed by atoms with Crippen molar-refractivity contribution in [2.45, 2.75) is 32.9 Å². The molecule has 1 fully saturated rings. The fraction of sp³-hybridized carbons (Fsp3) is 0.333. The average Bonchev–Trinajstić information content (AvgIpc) is 3.21. The minimum atomic E-state index is 0.244. The van der Waals surface area contributed by atoms with E-state index in [1.807, 2.05) is 34.6 Å². The first kappa shape index (κ1) is 15.6. The highest BCUT2D eigenvalue weighted by Crippen LogP contribution is 2.19. The highest BCUT2D eigenvalue weighted by atomic mass is 16.2. The molecule has 1 aromatic carbocycles. The van der Waals surface area contributed by atoms with E-state index in [9.17, 15) is 4.79 Å². The van der Waals surface area contributed by atoms with E-state index in [4.69, 9.17) is 0 Å². The lowest BCUT2D eigenvalue weighted by Gasteiger charge is -2.18. The van der Waals surface area contributed by atoms with Crippen LogP contribution in [0.15, 0.2) is 36.7 Å². The van der Waals surface area contributed by atoms with Crippen molar-refractivity contribution in [2.24, 2.45) is 0 Å². The van der Waals surface area contributed by atoms with Gasteiger partial charge in [-0.05, 0) is 24.5 Å². The van der Waals surface area contributed by atoms with E-state index in [0.29, 0.717) is 31.0 Å². The Morgan fingerprint density at radius 1 is 1.20 bits per heavy atom. The molecule has 0 spiro atoms. The fourth-order valence-corrected chi connectivity index (χ4v) is 3.21. The Labute approximate surface area is 145 Å². The molecule has 0 saturated carbocycles. The Morgan fingerprint density at radius 3 is 2.84 bits per heavy atom. The van der Waals surface area contributed by atoms with Gasteiger partial charge < -0.3 is 10.2 Å². The predicted octanol–water partition coefficient (Wildman–Crippen LogP) is 2.17. The van der Waals surface area contributed by atoms with Crippen LogP contribution in [0, 0.1) is 6.92 Å². The SMILES string of the molecule is Cc1nnc2c(NCc3ccccc3CN3CCCC3=O)nccn12. The zero-order valence-electron chi connectivity index (χ0n) is 14.1. The molecule has 0 unspecified atom stereocenters. The minimum absolute atomic E-state index is 0.244. The number of anilines is 1. The number of rotatable bonds is 5. The lowest BCUT2D eigenvalue weighted by molar-refractivity contribution is -0.128. The number of benzene rings is 1. The number of nitrogens with zero attached hydrogens (tertiary/aromatic N) is 5. The largest absolute Gasteiger partial charge is 0.363 e. The lowest BCUT2D eigenvalue weighted by Crippen LogP contribution is -2.24. The molecular weight excluding hydrogens is 316 g/mol. The van der Waals surface area contributed by atoms with Crippen LogP contribution in [0.4, 0.5) is 5.82 Å². The number of carbonyl (C=O) groups is 1. The van der Waals surface area contributed by atoms with Crippen LogP contribution in [0.1, 0.15) is 29.8 Å². The second kappa shape index (κ2) is 6.51. The molecule has 0 radical (unpaired) electrons. The highest BCUT2D eigenvalue weighted by Gasteiger charge is 2.20. The molecule has 0 atom stereocenters. The molecule has 128 valence electrons. The number of nitrogens with one attached hydrogen (secondary N) is 1. The van der Waals surface area contributed by atoms with E-state index in [1.54, 1.807) is 6.20 Å². The first-order valence-corrected chi connectivity index (χ1v) is 8.47. The molecule has 1 N–H and O–H groups in total. The van der Waals surface area contributed by atoms with Gasteiger partial charge in [0.25, 0.3) is 0 Å². The number of aromatic nitrogens is 4. The van der Waals surface area contributed by atoms with E-state index in [0.717, 1.165) is 29.9 Å². The lowest BCUT2D eigenvalue weighted by atomic mass is 10.1. The van der Waals surface area contributed by atoms with Crippen molar-refractivity contribution in [3.63, 3.8) is 0 Å². The molecule has 4 rings (SSSR count). The standard InChI is InChI=1S/C18H20N6O/c1-13-21-22-18-17(19-8-10-24(13)18)20-11-14-5-2-3-6-15(14)12-23-9-4-7-16(23)25/h2-3,5-6,8,10H,4,7,9,11-12H2,1H3,(H,19,20). The monoisotopic (exact) mass is 336 g/mol. The molecule has 1 aliphatic rings. The highest BCUT2D eigenvalue weighted by molar-refractivity contribution is 5.78. The zero-order valence-corrected chi connectivity index (χ0v) is 14.1. The van der Waals surface area contributed by atoms with Gasteiger partial charge in [0.2, 0.25) is 11.6 Å². The van der Waals surface area contributed by atoms with Crippen molar-refractivity contribution in [3.8, 4) is 0 Å². The van der Waals surface area contributed by atoms with E-state index in [1.165, 1.54) is 0 Å². The van der Waals surface area contributed by atoms with Crippen LogP contribution in [0.3, 0.4) is 0 Å². The summed E-state index contributed by atoms with van der Waals surface area (Å²) in [7, 11) is 0. The third kappa shape index (κ3) is 3.05. The molecule has 3 heterocycles. The summed E-state index contributed by atoms with van der Waals surface area (Å²) >= 11 is 0. The normalized spacial score (nSPS) is 14.4. The number of carbonyl (C=O) groups excluding carboxylic acids is 1. The van der Waals surface area contributed by atoms with Gasteiger partial charge in [0.05, 0.1) is 0 Å². The van der Waals surface area contributed by atoms with Crippen LogP contribution < -0.4 is 5.32 Å². The third-order valence-corrected chi connectivity index (χ3v) is 4.59. The third-order valence-electron chi connectivity index (χ3n) is 4.59. The molecular formula is C18H20N6O. The van der Waals surface area contributed by atoms with E-state index in [2.05, 4.69) is 32.6 Å². The summed E-state index contributed by atoms with van der Waals surface area (Å²) in [4.78, 5) is 18.2. The van der Waals surface area contributed by atoms with Gasteiger partial charge in [-0.25, -0.2) is 4.98 Å². The smallest absolute Gasteiger partial charge is 0.222 e. The van der Waals surface area contributed by atoms with Crippen LogP contribution in [-0.2, 0) is 17.9 Å². The van der Waals surface area contributed by atoms with Crippen molar-refractivity contribution >= 4 is 17.4 Å². The molecule has 0 aliphatic carbocycles. The summed E-state index contributed by atoms with van der Waals surface area (Å²) in [6.07, 6.45) is 5.21. The van der Waals surface area contributed by atoms with Crippen LogP contribution in [-0.4, -0.2) is 36.9 Å². The van der Waals surface area contributed by atoms with Crippen molar-refractivity contribution < 1.29 is 4.79 Å². The van der Waals surface area contributed by atoms with Crippen LogP contribution in [0.2, 0.25) is 0 Å². The van der Waals surface area contributed by atoms with Gasteiger partial charge in [-0.15, -0.1) is 10.2 Å². The van der Waals surface area contributed by atoms with Crippen LogP contribution in [0.25, 0.3) is 5.65 Å². The van der Waals surface area contributed by atoms with Gasteiger partial charge in [0.15, 0.2) is 5.82 Å². The molecule has 25 heavy (non-hydrogen) atoms. The first-order valence-electron chi connectivity index (χ1n) is 8.47. The number of fused-ring (bicyclic) bond motifs is 1. The number of amides is 1. The zero-order chi connectivity index (χ0) is 17.2. The van der Waals surface area contributed by atoms with Gasteiger partial charge in [0, 0.05) is 38.4 Å². The summed E-state index contributed by atoms with van der Waals surface area (Å²) in [6.45, 7) is 4.04. The summed E-state index contributed by atoms with van der Waals surface area (Å²) in [5.74, 6) is 1.77. The molecule has 0 bridgehead atoms. The van der Waals surface area contributed by atoms with Gasteiger partial charge in [-0.1, -0.05) is 24.3 Å². The van der Waals surface area contributed by atoms with E-state index in [-0.39, 0.29) is 5.91 Å². The number of hydrogen-bond acceptors (Lipinski definition) is 5. The van der Waals surface area contributed by atoms with Crippen LogP contribution >= 0.6 is 0 Å². The Balaban J connectivity index is 1.53. The van der Waals surface area contributed by atoms with Gasteiger partial charge in [-0.3, -0.25) is 9.20 Å². The Bertz CT molecular complexity index is 919. The fourth-order valence-electron chi connectivity index (χ4n) is 3.21.